The lowest BCUT2D eigenvalue weighted by Gasteiger charge is -2.12. The quantitative estimate of drug-likeness (QED) is 0.591. The van der Waals surface area contributed by atoms with Crippen molar-refractivity contribution < 1.29 is 14.2 Å². The Hall–Kier alpha value is -2.94. The molecule has 0 aliphatic heterocycles. The molecule has 4 N–H and O–H groups in total. The Bertz CT molecular complexity index is 896. The molecule has 0 saturated heterocycles. The van der Waals surface area contributed by atoms with Gasteiger partial charge in [-0.3, -0.25) is 0 Å². The van der Waals surface area contributed by atoms with Gasteiger partial charge in [-0.05, 0) is 17.7 Å². The van der Waals surface area contributed by atoms with Gasteiger partial charge in [-0.25, -0.2) is 9.24 Å². The van der Waals surface area contributed by atoms with E-state index in [1.54, 1.807) is 0 Å². The summed E-state index contributed by atoms with van der Waals surface area (Å²) in [6, 6.07) is 5.89. The van der Waals surface area contributed by atoms with Crippen LogP contribution >= 0.6 is 12.2 Å². The molecule has 2 rings (SSSR count). The van der Waals surface area contributed by atoms with Crippen molar-refractivity contribution in [3.05, 3.63) is 45.6 Å². The zero-order valence-corrected chi connectivity index (χ0v) is 12.6. The van der Waals surface area contributed by atoms with E-state index in [0.29, 0.717) is 0 Å². The molecule has 0 radical (unpaired) electrons. The molecule has 0 aliphatic carbocycles. The topological polar surface area (TPSA) is 99.4 Å². The molecule has 116 valence electrons. The highest BCUT2D eigenvalue weighted by atomic mass is 32.1. The summed E-state index contributed by atoms with van der Waals surface area (Å²) in [5, 5.41) is 18.0. The number of aromatic nitrogens is 1. The molecule has 0 spiro atoms. The molecular weight excluding hydrogens is 319 g/mol. The van der Waals surface area contributed by atoms with Gasteiger partial charge in [0.15, 0.2) is 11.6 Å². The van der Waals surface area contributed by atoms with Crippen LogP contribution in [0.4, 0.5) is 15.9 Å². The van der Waals surface area contributed by atoms with Crippen molar-refractivity contribution in [2.75, 3.05) is 18.9 Å². The van der Waals surface area contributed by atoms with Gasteiger partial charge in [0.25, 0.3) is 0 Å². The van der Waals surface area contributed by atoms with E-state index in [1.807, 2.05) is 6.07 Å². The number of hydrogen-bond acceptors (Lipinski definition) is 5. The first-order valence-electron chi connectivity index (χ1n) is 6.40. The number of pyridine rings is 1. The molecule has 0 bridgehead atoms. The zero-order chi connectivity index (χ0) is 17.0. The third-order valence-corrected chi connectivity index (χ3v) is 3.32. The van der Waals surface area contributed by atoms with Crippen LogP contribution in [-0.2, 0) is 0 Å². The fraction of sp³-hybridized carbons (Fsp3) is 0.133. The number of nitriles is 1. The number of aliphatic hydroxyl groups excluding tert-OH is 1. The predicted molar refractivity (Wildman–Crippen MR) is 85.0 cm³/mol. The molecule has 0 amide bonds. The largest absolute Gasteiger partial charge is 0.488 e. The zero-order valence-electron chi connectivity index (χ0n) is 11.8. The van der Waals surface area contributed by atoms with Crippen LogP contribution in [0, 0.1) is 28.4 Å². The van der Waals surface area contributed by atoms with Gasteiger partial charge in [-0.15, -0.1) is 0 Å². The number of H-pyrrole nitrogens is 1. The average molecular weight is 330 g/mol. The number of nitrogen functional groups attached to an aromatic ring is 1. The fourth-order valence-corrected chi connectivity index (χ4v) is 2.30. The van der Waals surface area contributed by atoms with Gasteiger partial charge in [0.2, 0.25) is 5.69 Å². The van der Waals surface area contributed by atoms with Crippen molar-refractivity contribution in [2.45, 2.75) is 0 Å². The van der Waals surface area contributed by atoms with Gasteiger partial charge in [0.05, 0.1) is 18.7 Å². The minimum atomic E-state index is -0.687. The number of rotatable bonds is 4. The SMILES string of the molecule is [C-]#[N+]c1c(N)[nH]c(=S)c(C#N)c1-c1ccc(OCCO)c(F)c1. The number of nitrogens with one attached hydrogen (secondary N) is 1. The van der Waals surface area contributed by atoms with Gasteiger partial charge < -0.3 is 20.6 Å². The lowest BCUT2D eigenvalue weighted by atomic mass is 9.99. The lowest BCUT2D eigenvalue weighted by Crippen LogP contribution is -2.03. The van der Waals surface area contributed by atoms with Gasteiger partial charge in [-0.1, -0.05) is 18.3 Å². The van der Waals surface area contributed by atoms with Crippen LogP contribution in [0.3, 0.4) is 0 Å². The molecule has 2 aromatic rings. The molecule has 1 aromatic heterocycles. The average Bonchev–Trinajstić information content (AvgIpc) is 2.53. The highest BCUT2D eigenvalue weighted by Gasteiger charge is 2.18. The molecule has 0 unspecified atom stereocenters. The number of hydrogen-bond donors (Lipinski definition) is 3. The number of aliphatic hydroxyl groups is 1. The summed E-state index contributed by atoms with van der Waals surface area (Å²) in [6.45, 7) is 6.95. The molecular formula is C15H11FN4O2S. The first kappa shape index (κ1) is 16.4. The van der Waals surface area contributed by atoms with E-state index in [9.17, 15) is 9.65 Å². The van der Waals surface area contributed by atoms with E-state index in [4.69, 9.17) is 34.4 Å². The summed E-state index contributed by atoms with van der Waals surface area (Å²) >= 11 is 5.04. The Morgan fingerprint density at radius 2 is 2.26 bits per heavy atom. The second-order valence-electron chi connectivity index (χ2n) is 4.41. The van der Waals surface area contributed by atoms with E-state index in [1.165, 1.54) is 12.1 Å². The lowest BCUT2D eigenvalue weighted by molar-refractivity contribution is 0.196. The second kappa shape index (κ2) is 6.88. The second-order valence-corrected chi connectivity index (χ2v) is 4.82. The maximum Gasteiger partial charge on any atom is 0.234 e. The van der Waals surface area contributed by atoms with Crippen LogP contribution < -0.4 is 10.5 Å². The Morgan fingerprint density at radius 3 is 2.83 bits per heavy atom. The van der Waals surface area contributed by atoms with Crippen LogP contribution in [0.1, 0.15) is 5.56 Å². The maximum atomic E-state index is 14.1. The van der Waals surface area contributed by atoms with Gasteiger partial charge in [0.1, 0.15) is 23.1 Å². The monoisotopic (exact) mass is 330 g/mol. The Kier molecular flexibility index (Phi) is 4.91. The predicted octanol–water partition coefficient (Wildman–Crippen LogP) is 2.93. The third-order valence-electron chi connectivity index (χ3n) is 3.01. The Labute approximate surface area is 136 Å². The minimum absolute atomic E-state index is 0.00132. The van der Waals surface area contributed by atoms with Crippen LogP contribution in [0.5, 0.6) is 5.75 Å². The number of nitrogens with two attached hydrogens (primary N) is 1. The van der Waals surface area contributed by atoms with Crippen LogP contribution in [0.2, 0.25) is 0 Å². The van der Waals surface area contributed by atoms with Crippen molar-refractivity contribution in [1.29, 1.82) is 5.26 Å². The van der Waals surface area contributed by atoms with E-state index in [-0.39, 0.29) is 51.8 Å². The fourth-order valence-electron chi connectivity index (χ4n) is 2.04. The van der Waals surface area contributed by atoms with Gasteiger partial charge in [0, 0.05) is 5.56 Å². The first-order chi connectivity index (χ1) is 11.0. The number of ether oxygens (including phenoxy) is 1. The van der Waals surface area contributed by atoms with Crippen molar-refractivity contribution in [3.8, 4) is 22.9 Å². The highest BCUT2D eigenvalue weighted by Crippen LogP contribution is 2.38. The summed E-state index contributed by atoms with van der Waals surface area (Å²) in [5.74, 6) is -0.715. The summed E-state index contributed by atoms with van der Waals surface area (Å²) in [7, 11) is 0. The highest BCUT2D eigenvalue weighted by molar-refractivity contribution is 7.71. The summed E-state index contributed by atoms with van der Waals surface area (Å²) < 4.78 is 19.2. The molecule has 0 atom stereocenters. The Balaban J connectivity index is 2.68. The first-order valence-corrected chi connectivity index (χ1v) is 6.81. The molecule has 0 aliphatic rings. The minimum Gasteiger partial charge on any atom is -0.488 e. The number of nitrogens with zero attached hydrogens (tertiary/aromatic N) is 2. The molecule has 8 heteroatoms. The van der Waals surface area contributed by atoms with E-state index < -0.39 is 5.82 Å². The number of benzene rings is 1. The van der Waals surface area contributed by atoms with Crippen LogP contribution in [0.25, 0.3) is 16.0 Å². The molecule has 0 saturated carbocycles. The summed E-state index contributed by atoms with van der Waals surface area (Å²) in [5.41, 5.74) is 6.24. The van der Waals surface area contributed by atoms with E-state index >= 15 is 0 Å². The normalized spacial score (nSPS) is 9.91. The van der Waals surface area contributed by atoms with E-state index in [0.717, 1.165) is 6.07 Å². The third kappa shape index (κ3) is 3.14. The van der Waals surface area contributed by atoms with E-state index in [2.05, 4.69) is 9.83 Å². The standard InChI is InChI=1S/C15H11FN4O2S/c1-19-13-12(9(7-17)15(23)20-14(13)18)8-2-3-11(10(16)6-8)22-5-4-21/h2-3,6,21H,4-5H2,(H3,18,20,23). The van der Waals surface area contributed by atoms with Crippen molar-refractivity contribution in [1.82, 2.24) is 4.98 Å². The van der Waals surface area contributed by atoms with Crippen molar-refractivity contribution in [3.63, 3.8) is 0 Å². The molecule has 0 fully saturated rings. The van der Waals surface area contributed by atoms with Gasteiger partial charge >= 0.3 is 0 Å². The summed E-state index contributed by atoms with van der Waals surface area (Å²) in [4.78, 5) is 5.89. The number of anilines is 1. The van der Waals surface area contributed by atoms with Crippen molar-refractivity contribution in [2.24, 2.45) is 0 Å². The van der Waals surface area contributed by atoms with Crippen LogP contribution in [0.15, 0.2) is 18.2 Å². The Morgan fingerprint density at radius 1 is 1.52 bits per heavy atom. The number of halogens is 1. The molecule has 6 nitrogen and oxygen atoms in total. The number of aromatic amines is 1. The molecule has 23 heavy (non-hydrogen) atoms. The summed E-state index contributed by atoms with van der Waals surface area (Å²) in [6.07, 6.45) is 0. The smallest absolute Gasteiger partial charge is 0.234 e. The maximum absolute atomic E-state index is 14.1. The van der Waals surface area contributed by atoms with Gasteiger partial charge in [-0.2, -0.15) is 5.26 Å². The van der Waals surface area contributed by atoms with Crippen molar-refractivity contribution >= 4 is 23.7 Å². The molecule has 1 aromatic carbocycles. The molecule has 1 heterocycles. The van der Waals surface area contributed by atoms with Crippen LogP contribution in [-0.4, -0.2) is 23.3 Å².